The molecule has 37 heavy (non-hydrogen) atoms. The number of carbonyl (C=O) groups is 2. The minimum absolute atomic E-state index is 0.0228. The molecule has 9 atom stereocenters. The highest BCUT2D eigenvalue weighted by molar-refractivity contribution is 7.86. The summed E-state index contributed by atoms with van der Waals surface area (Å²) in [4.78, 5) is 25.4. The van der Waals surface area contributed by atoms with E-state index in [2.05, 4.69) is 0 Å². The third-order valence-corrected chi connectivity index (χ3v) is 10.0. The first-order valence-electron chi connectivity index (χ1n) is 12.9. The molecule has 0 aromatic carbocycles. The van der Waals surface area contributed by atoms with E-state index >= 15 is 8.78 Å². The Bertz CT molecular complexity index is 1130. The molecule has 0 saturated heterocycles. The average molecular weight is 546 g/mol. The Hall–Kier alpha value is -1.53. The molecular weight excluding hydrogens is 508 g/mol. The van der Waals surface area contributed by atoms with Crippen LogP contribution in [0.3, 0.4) is 0 Å². The minimum atomic E-state index is -3.90. The smallest absolute Gasteiger partial charge is 0.264 e. The molecule has 0 aromatic rings. The Kier molecular flexibility index (Phi) is 7.38. The maximum absolute atomic E-state index is 17.3. The van der Waals surface area contributed by atoms with Gasteiger partial charge in [0, 0.05) is 30.3 Å². The largest absolute Gasteiger partial charge is 0.390 e. The van der Waals surface area contributed by atoms with Crippen LogP contribution in [0.25, 0.3) is 0 Å². The number of allylic oxidation sites excluding steroid dienone is 4. The summed E-state index contributed by atoms with van der Waals surface area (Å²) in [5.41, 5.74) is -4.78. The van der Waals surface area contributed by atoms with Crippen LogP contribution in [0.2, 0.25) is 0 Å². The molecule has 11 heteroatoms. The first-order valence-corrected chi connectivity index (χ1v) is 14.7. The van der Waals surface area contributed by atoms with E-state index in [9.17, 15) is 28.3 Å². The Balaban J connectivity index is 1.76. The standard InChI is InChI=1S/C26H37F2NO7S/c1-5-8-29(33)13-15-9-17-18-11-20(27)19-10-16(30)6-7-25(19,3)26(18,28)22(32)12-24(17,2)23(15)21(31)14-36-37(4,34)35/h6-7,10,15,17-18,20,22-23,32-33H,5,8-9,11-14H2,1-4H3/t15-,17?,18-,20-,22-,23+,24-,25-,26-/m0/s1. The molecule has 0 bridgehead atoms. The van der Waals surface area contributed by atoms with Crippen LogP contribution in [0.5, 0.6) is 0 Å². The van der Waals surface area contributed by atoms with E-state index in [1.54, 1.807) is 6.92 Å². The van der Waals surface area contributed by atoms with Crippen molar-refractivity contribution in [1.29, 1.82) is 0 Å². The summed E-state index contributed by atoms with van der Waals surface area (Å²) < 4.78 is 60.9. The van der Waals surface area contributed by atoms with Crippen molar-refractivity contribution in [2.24, 2.45) is 34.5 Å². The van der Waals surface area contributed by atoms with Gasteiger partial charge in [-0.3, -0.25) is 13.8 Å². The molecular formula is C26H37F2NO7S. The third-order valence-electron chi connectivity index (χ3n) is 9.49. The van der Waals surface area contributed by atoms with Crippen LogP contribution in [-0.4, -0.2) is 79.3 Å². The maximum atomic E-state index is 17.3. The second-order valence-electron chi connectivity index (χ2n) is 11.8. The number of rotatable bonds is 8. The second-order valence-corrected chi connectivity index (χ2v) is 13.4. The minimum Gasteiger partial charge on any atom is -0.390 e. The van der Waals surface area contributed by atoms with Gasteiger partial charge in [0.1, 0.15) is 12.8 Å². The van der Waals surface area contributed by atoms with Crippen LogP contribution in [0, 0.1) is 34.5 Å². The van der Waals surface area contributed by atoms with Gasteiger partial charge >= 0.3 is 0 Å². The van der Waals surface area contributed by atoms with Gasteiger partial charge in [0.15, 0.2) is 17.2 Å². The summed E-state index contributed by atoms with van der Waals surface area (Å²) >= 11 is 0. The van der Waals surface area contributed by atoms with Gasteiger partial charge in [0.2, 0.25) is 0 Å². The fourth-order valence-corrected chi connectivity index (χ4v) is 8.40. The van der Waals surface area contributed by atoms with E-state index < -0.39 is 80.7 Å². The van der Waals surface area contributed by atoms with Gasteiger partial charge < -0.3 is 10.3 Å². The first-order chi connectivity index (χ1) is 17.1. The van der Waals surface area contributed by atoms with Gasteiger partial charge in [-0.2, -0.15) is 13.5 Å². The summed E-state index contributed by atoms with van der Waals surface area (Å²) in [7, 11) is -3.90. The number of Topliss-reactive ketones (excluding diaryl/α,β-unsaturated/α-hetero) is 1. The molecule has 8 nitrogen and oxygen atoms in total. The number of alkyl halides is 2. The van der Waals surface area contributed by atoms with Gasteiger partial charge in [-0.15, -0.1) is 0 Å². The van der Waals surface area contributed by atoms with Gasteiger partial charge in [-0.1, -0.05) is 19.9 Å². The number of hydroxylamine groups is 2. The second kappa shape index (κ2) is 9.59. The van der Waals surface area contributed by atoms with Crippen LogP contribution in [0.15, 0.2) is 23.8 Å². The quantitative estimate of drug-likeness (QED) is 0.353. The molecule has 0 spiro atoms. The topological polar surface area (TPSA) is 121 Å². The molecule has 3 fully saturated rings. The Morgan fingerprint density at radius 1 is 1.27 bits per heavy atom. The fraction of sp³-hybridized carbons (Fsp3) is 0.769. The van der Waals surface area contributed by atoms with E-state index in [0.717, 1.165) is 17.4 Å². The molecule has 0 amide bonds. The van der Waals surface area contributed by atoms with Crippen LogP contribution in [0.4, 0.5) is 8.78 Å². The Morgan fingerprint density at radius 3 is 2.57 bits per heavy atom. The van der Waals surface area contributed by atoms with Gasteiger partial charge in [-0.25, -0.2) is 8.78 Å². The van der Waals surface area contributed by atoms with Crippen LogP contribution in [0.1, 0.15) is 46.5 Å². The third kappa shape index (κ3) is 4.54. The molecule has 0 aromatic heterocycles. The number of hydrogen-bond donors (Lipinski definition) is 2. The monoisotopic (exact) mass is 545 g/mol. The lowest BCUT2D eigenvalue weighted by atomic mass is 9.45. The van der Waals surface area contributed by atoms with Crippen LogP contribution < -0.4 is 0 Å². The number of hydrogen-bond acceptors (Lipinski definition) is 8. The highest BCUT2D eigenvalue weighted by atomic mass is 32.2. The SMILES string of the molecule is CCCN(O)C[C@@H]1CC2[C@@H]3C[C@H](F)C4=CC(=O)C=C[C@]4(C)[C@@]3(F)[C@@H](O)C[C@]2(C)[C@H]1C(=O)COS(C)(=O)=O. The molecule has 4 aliphatic carbocycles. The molecule has 4 aliphatic rings. The maximum Gasteiger partial charge on any atom is 0.264 e. The first kappa shape index (κ1) is 28.5. The van der Waals surface area contributed by atoms with Crippen molar-refractivity contribution < 1.29 is 41.3 Å². The van der Waals surface area contributed by atoms with Crippen molar-refractivity contribution in [2.75, 3.05) is 26.0 Å². The summed E-state index contributed by atoms with van der Waals surface area (Å²) in [5, 5.41) is 22.9. The van der Waals surface area contributed by atoms with Crippen molar-refractivity contribution in [3.05, 3.63) is 23.8 Å². The van der Waals surface area contributed by atoms with Gasteiger partial charge in [0.05, 0.1) is 12.4 Å². The van der Waals surface area contributed by atoms with Gasteiger partial charge in [-0.05, 0) is 67.6 Å². The predicted molar refractivity (Wildman–Crippen MR) is 130 cm³/mol. The number of carbonyl (C=O) groups excluding carboxylic acids is 2. The highest BCUT2D eigenvalue weighted by Crippen LogP contribution is 2.70. The van der Waals surface area contributed by atoms with Crippen LogP contribution >= 0.6 is 0 Å². The molecule has 3 saturated carbocycles. The zero-order valence-corrected chi connectivity index (χ0v) is 22.5. The lowest BCUT2D eigenvalue weighted by Gasteiger charge is -2.62. The fourth-order valence-electron chi connectivity index (χ4n) is 8.07. The molecule has 0 aliphatic heterocycles. The number of ketones is 2. The van der Waals surface area contributed by atoms with Gasteiger partial charge in [0.25, 0.3) is 10.1 Å². The number of fused-ring (bicyclic) bond motifs is 5. The highest BCUT2D eigenvalue weighted by Gasteiger charge is 2.73. The number of aliphatic hydroxyl groups is 1. The summed E-state index contributed by atoms with van der Waals surface area (Å²) in [6.07, 6.45) is 1.95. The average Bonchev–Trinajstić information content (AvgIpc) is 3.06. The number of halogens is 2. The molecule has 0 heterocycles. The molecule has 208 valence electrons. The van der Waals surface area contributed by atoms with Crippen molar-refractivity contribution in [3.8, 4) is 0 Å². The Labute approximate surface area is 216 Å². The summed E-state index contributed by atoms with van der Waals surface area (Å²) in [5.74, 6) is -3.75. The number of aliphatic hydroxyl groups excluding tert-OH is 1. The van der Waals surface area contributed by atoms with E-state index in [-0.39, 0.29) is 25.0 Å². The van der Waals surface area contributed by atoms with E-state index in [4.69, 9.17) is 4.18 Å². The molecule has 0 radical (unpaired) electrons. The van der Waals surface area contributed by atoms with E-state index in [1.165, 1.54) is 19.1 Å². The lowest BCUT2D eigenvalue weighted by molar-refractivity contribution is -0.202. The van der Waals surface area contributed by atoms with E-state index in [1.807, 2.05) is 6.92 Å². The Morgan fingerprint density at radius 2 is 1.95 bits per heavy atom. The summed E-state index contributed by atoms with van der Waals surface area (Å²) in [6.45, 7) is 4.89. The van der Waals surface area contributed by atoms with E-state index in [0.29, 0.717) is 19.4 Å². The zero-order chi connectivity index (χ0) is 27.6. The number of nitrogens with zero attached hydrogens (tertiary/aromatic N) is 1. The summed E-state index contributed by atoms with van der Waals surface area (Å²) in [6, 6.07) is 0. The lowest BCUT2D eigenvalue weighted by Crippen LogP contribution is -2.68. The van der Waals surface area contributed by atoms with Crippen molar-refractivity contribution in [1.82, 2.24) is 5.06 Å². The van der Waals surface area contributed by atoms with Crippen molar-refractivity contribution in [2.45, 2.75) is 64.4 Å². The van der Waals surface area contributed by atoms with Crippen LogP contribution in [-0.2, 0) is 23.9 Å². The molecule has 2 N–H and O–H groups in total. The van der Waals surface area contributed by atoms with Crippen molar-refractivity contribution in [3.63, 3.8) is 0 Å². The zero-order valence-electron chi connectivity index (χ0n) is 21.7. The molecule has 1 unspecified atom stereocenters. The predicted octanol–water partition coefficient (Wildman–Crippen LogP) is 2.79. The molecule has 4 rings (SSSR count). The van der Waals surface area contributed by atoms with Crippen molar-refractivity contribution >= 4 is 21.7 Å². The normalized spacial score (nSPS) is 43.3.